The van der Waals surface area contributed by atoms with Crippen LogP contribution < -0.4 is 10.1 Å². The van der Waals surface area contributed by atoms with E-state index < -0.39 is 0 Å². The molecule has 114 valence electrons. The summed E-state index contributed by atoms with van der Waals surface area (Å²) in [6.45, 7) is 5.14. The maximum absolute atomic E-state index is 5.42. The second-order valence-corrected chi connectivity index (χ2v) is 4.96. The van der Waals surface area contributed by atoms with Crippen LogP contribution in [0.5, 0.6) is 5.75 Å². The van der Waals surface area contributed by atoms with Crippen molar-refractivity contribution in [2.75, 3.05) is 14.2 Å². The fourth-order valence-electron chi connectivity index (χ4n) is 2.55. The Labute approximate surface area is 126 Å². The molecular weight excluding hydrogens is 264 g/mol. The van der Waals surface area contributed by atoms with Gasteiger partial charge in [0.15, 0.2) is 0 Å². The number of hydrogen-bond donors (Lipinski definition) is 1. The van der Waals surface area contributed by atoms with Gasteiger partial charge in [0, 0.05) is 36.5 Å². The molecule has 0 fully saturated rings. The van der Waals surface area contributed by atoms with Crippen molar-refractivity contribution in [2.24, 2.45) is 0 Å². The maximum atomic E-state index is 5.42. The fraction of sp³-hybridized carbons (Fsp3) is 0.500. The number of likely N-dealkylation sites (N-methyl/N-ethyl adjacent to an activating group) is 1. The first-order valence-corrected chi connectivity index (χ1v) is 7.44. The van der Waals surface area contributed by atoms with Crippen LogP contribution in [0, 0.1) is 0 Å². The molecule has 0 bridgehead atoms. The van der Waals surface area contributed by atoms with Gasteiger partial charge >= 0.3 is 0 Å². The van der Waals surface area contributed by atoms with Crippen molar-refractivity contribution in [1.82, 2.24) is 20.1 Å². The van der Waals surface area contributed by atoms with Gasteiger partial charge in [-0.15, -0.1) is 0 Å². The van der Waals surface area contributed by atoms with E-state index in [0.717, 1.165) is 36.4 Å². The van der Waals surface area contributed by atoms with Crippen LogP contribution in [0.4, 0.5) is 0 Å². The molecule has 2 aromatic rings. The monoisotopic (exact) mass is 288 g/mol. The van der Waals surface area contributed by atoms with Crippen molar-refractivity contribution in [3.8, 4) is 5.75 Å². The minimum absolute atomic E-state index is 0.176. The molecule has 2 rings (SSSR count). The molecule has 0 aromatic carbocycles. The number of methoxy groups -OCH3 is 1. The van der Waals surface area contributed by atoms with Crippen LogP contribution in [0.2, 0.25) is 0 Å². The SMILES string of the molecule is CCc1cc(CC(NC)c2ccncc2OC)n(CC)n1. The molecule has 0 aliphatic heterocycles. The Morgan fingerprint density at radius 1 is 1.38 bits per heavy atom. The minimum atomic E-state index is 0.176. The van der Waals surface area contributed by atoms with Crippen LogP contribution in [0.3, 0.4) is 0 Å². The number of aryl methyl sites for hydroxylation is 2. The Hall–Kier alpha value is -1.88. The standard InChI is InChI=1S/C16H24N4O/c1-5-12-9-13(20(6-2)19-12)10-15(17-3)14-7-8-18-11-16(14)21-4/h7-9,11,15,17H,5-6,10H2,1-4H3. The average molecular weight is 288 g/mol. The fourth-order valence-corrected chi connectivity index (χ4v) is 2.55. The summed E-state index contributed by atoms with van der Waals surface area (Å²) in [6.07, 6.45) is 5.39. The second-order valence-electron chi connectivity index (χ2n) is 4.96. The first kappa shape index (κ1) is 15.5. The molecule has 0 saturated carbocycles. The van der Waals surface area contributed by atoms with Crippen LogP contribution in [-0.4, -0.2) is 28.9 Å². The molecule has 0 saturated heterocycles. The Bertz CT molecular complexity index is 579. The average Bonchev–Trinajstić information content (AvgIpc) is 2.94. The summed E-state index contributed by atoms with van der Waals surface area (Å²) in [7, 11) is 3.65. The highest BCUT2D eigenvalue weighted by molar-refractivity contribution is 5.33. The van der Waals surface area contributed by atoms with Crippen LogP contribution in [-0.2, 0) is 19.4 Å². The third-order valence-corrected chi connectivity index (χ3v) is 3.75. The molecule has 1 unspecified atom stereocenters. The molecule has 2 heterocycles. The molecule has 1 N–H and O–H groups in total. The van der Waals surface area contributed by atoms with Crippen molar-refractivity contribution in [2.45, 2.75) is 39.3 Å². The van der Waals surface area contributed by atoms with Gasteiger partial charge in [-0.3, -0.25) is 9.67 Å². The zero-order chi connectivity index (χ0) is 15.2. The number of hydrogen-bond acceptors (Lipinski definition) is 4. The molecule has 2 aromatic heterocycles. The third-order valence-electron chi connectivity index (χ3n) is 3.75. The summed E-state index contributed by atoms with van der Waals surface area (Å²) < 4.78 is 7.50. The topological polar surface area (TPSA) is 52.0 Å². The Kier molecular flexibility index (Phi) is 5.33. The lowest BCUT2D eigenvalue weighted by molar-refractivity contribution is 0.398. The van der Waals surface area contributed by atoms with E-state index in [1.807, 2.05) is 13.1 Å². The van der Waals surface area contributed by atoms with Crippen molar-refractivity contribution < 1.29 is 4.74 Å². The molecule has 1 atom stereocenters. The summed E-state index contributed by atoms with van der Waals surface area (Å²) in [6, 6.07) is 4.38. The summed E-state index contributed by atoms with van der Waals surface area (Å²) in [5.41, 5.74) is 3.51. The van der Waals surface area contributed by atoms with Crippen molar-refractivity contribution >= 4 is 0 Å². The number of pyridine rings is 1. The van der Waals surface area contributed by atoms with Gasteiger partial charge in [-0.05, 0) is 32.5 Å². The van der Waals surface area contributed by atoms with E-state index in [9.17, 15) is 0 Å². The van der Waals surface area contributed by atoms with E-state index >= 15 is 0 Å². The first-order valence-electron chi connectivity index (χ1n) is 7.44. The van der Waals surface area contributed by atoms with E-state index in [1.165, 1.54) is 5.69 Å². The Balaban J connectivity index is 2.28. The normalized spacial score (nSPS) is 12.4. The highest BCUT2D eigenvalue weighted by atomic mass is 16.5. The van der Waals surface area contributed by atoms with Crippen molar-refractivity contribution in [1.29, 1.82) is 0 Å². The number of ether oxygens (including phenoxy) is 1. The van der Waals surface area contributed by atoms with Gasteiger partial charge in [0.05, 0.1) is 19.0 Å². The molecule has 0 radical (unpaired) electrons. The quantitative estimate of drug-likeness (QED) is 0.850. The Morgan fingerprint density at radius 2 is 2.19 bits per heavy atom. The maximum Gasteiger partial charge on any atom is 0.141 e. The molecule has 0 amide bonds. The molecule has 5 heteroatoms. The van der Waals surface area contributed by atoms with Crippen molar-refractivity contribution in [3.63, 3.8) is 0 Å². The van der Waals surface area contributed by atoms with Crippen LogP contribution >= 0.6 is 0 Å². The molecule has 0 spiro atoms. The number of rotatable bonds is 7. The molecule has 21 heavy (non-hydrogen) atoms. The summed E-state index contributed by atoms with van der Waals surface area (Å²) in [5.74, 6) is 0.815. The van der Waals surface area contributed by atoms with Gasteiger partial charge < -0.3 is 10.1 Å². The van der Waals surface area contributed by atoms with Gasteiger partial charge in [-0.2, -0.15) is 5.10 Å². The summed E-state index contributed by atoms with van der Waals surface area (Å²) >= 11 is 0. The van der Waals surface area contributed by atoms with E-state index in [0.29, 0.717) is 0 Å². The molecular formula is C16H24N4O. The van der Waals surface area contributed by atoms with E-state index in [2.05, 4.69) is 40.0 Å². The smallest absolute Gasteiger partial charge is 0.141 e. The largest absolute Gasteiger partial charge is 0.495 e. The van der Waals surface area contributed by atoms with Crippen LogP contribution in [0.1, 0.15) is 36.8 Å². The van der Waals surface area contributed by atoms with Gasteiger partial charge in [-0.1, -0.05) is 6.92 Å². The van der Waals surface area contributed by atoms with Gasteiger partial charge in [0.25, 0.3) is 0 Å². The first-order chi connectivity index (χ1) is 10.2. The van der Waals surface area contributed by atoms with Gasteiger partial charge in [0.2, 0.25) is 0 Å². The molecule has 0 aliphatic rings. The van der Waals surface area contributed by atoms with Gasteiger partial charge in [-0.25, -0.2) is 0 Å². The lowest BCUT2D eigenvalue weighted by atomic mass is 10.0. The molecule has 0 aliphatic carbocycles. The number of aromatic nitrogens is 3. The van der Waals surface area contributed by atoms with E-state index in [-0.39, 0.29) is 6.04 Å². The van der Waals surface area contributed by atoms with Crippen molar-refractivity contribution in [3.05, 3.63) is 41.5 Å². The molecule has 5 nitrogen and oxygen atoms in total. The Morgan fingerprint density at radius 3 is 2.81 bits per heavy atom. The minimum Gasteiger partial charge on any atom is -0.495 e. The van der Waals surface area contributed by atoms with Crippen LogP contribution in [0.25, 0.3) is 0 Å². The lowest BCUT2D eigenvalue weighted by Gasteiger charge is -2.19. The predicted octanol–water partition coefficient (Wildman–Crippen LogP) is 2.37. The zero-order valence-corrected chi connectivity index (χ0v) is 13.3. The second kappa shape index (κ2) is 7.22. The highest BCUT2D eigenvalue weighted by Gasteiger charge is 2.17. The van der Waals surface area contributed by atoms with Crippen LogP contribution in [0.15, 0.2) is 24.5 Å². The lowest BCUT2D eigenvalue weighted by Crippen LogP contribution is -2.21. The number of nitrogens with one attached hydrogen (secondary N) is 1. The van der Waals surface area contributed by atoms with E-state index in [4.69, 9.17) is 4.74 Å². The zero-order valence-electron chi connectivity index (χ0n) is 13.3. The summed E-state index contributed by atoms with van der Waals surface area (Å²) in [4.78, 5) is 4.12. The number of nitrogens with zero attached hydrogens (tertiary/aromatic N) is 3. The van der Waals surface area contributed by atoms with E-state index in [1.54, 1.807) is 19.5 Å². The highest BCUT2D eigenvalue weighted by Crippen LogP contribution is 2.26. The van der Waals surface area contributed by atoms with Gasteiger partial charge in [0.1, 0.15) is 5.75 Å². The summed E-state index contributed by atoms with van der Waals surface area (Å²) in [5, 5.41) is 7.99. The third kappa shape index (κ3) is 3.42. The predicted molar refractivity (Wildman–Crippen MR) is 83.6 cm³/mol.